The Morgan fingerprint density at radius 2 is 1.40 bits per heavy atom. The van der Waals surface area contributed by atoms with Crippen molar-refractivity contribution in [3.63, 3.8) is 0 Å². The first-order valence-corrected chi connectivity index (χ1v) is 25.0. The van der Waals surface area contributed by atoms with E-state index in [0.717, 1.165) is 29.5 Å². The van der Waals surface area contributed by atoms with Gasteiger partial charge in [0.2, 0.25) is 0 Å². The monoisotopic (exact) mass is 845 g/mol. The van der Waals surface area contributed by atoms with E-state index in [-0.39, 0.29) is 39.4 Å². The van der Waals surface area contributed by atoms with Crippen molar-refractivity contribution in [1.82, 2.24) is 0 Å². The smallest absolute Gasteiger partial charge is 0.317 e. The fourth-order valence-corrected chi connectivity index (χ4v) is 17.5. The molecule has 0 N–H and O–H groups in total. The molecule has 7 nitrogen and oxygen atoms in total. The number of sulfonamides is 1. The topological polar surface area (TPSA) is 90.0 Å². The summed E-state index contributed by atoms with van der Waals surface area (Å²) in [5.41, 5.74) is 2.39. The van der Waals surface area contributed by atoms with Crippen LogP contribution in [-0.2, 0) is 28.8 Å². The molecular formula is C51H63NO6SSi. The normalized spacial score (nSPS) is 25.0. The number of allylic oxidation sites excluding steroid dienone is 1. The molecule has 6 atom stereocenters. The molecule has 2 bridgehead atoms. The molecule has 318 valence electrons. The second kappa shape index (κ2) is 16.5. The number of Topliss-reactive ketones (excluding diaryl/α,β-unsaturated/α-hetero) is 1. The number of hydrogen-bond acceptors (Lipinski definition) is 6. The number of ether oxygens (including phenoxy) is 1. The van der Waals surface area contributed by atoms with Gasteiger partial charge in [-0.3, -0.25) is 13.9 Å². The Morgan fingerprint density at radius 1 is 0.850 bits per heavy atom. The third-order valence-electron chi connectivity index (χ3n) is 14.6. The first-order valence-electron chi connectivity index (χ1n) is 21.7. The lowest BCUT2D eigenvalue weighted by Gasteiger charge is -2.43. The van der Waals surface area contributed by atoms with Crippen molar-refractivity contribution < 1.29 is 27.2 Å². The Bertz CT molecular complexity index is 2260. The molecule has 0 heterocycles. The van der Waals surface area contributed by atoms with Crippen LogP contribution >= 0.6 is 0 Å². The van der Waals surface area contributed by atoms with Crippen LogP contribution in [0.5, 0.6) is 0 Å². The fraction of sp³-hybridized carbons (Fsp3) is 0.451. The zero-order chi connectivity index (χ0) is 43.3. The van der Waals surface area contributed by atoms with Gasteiger partial charge in [-0.05, 0) is 108 Å². The molecule has 3 aliphatic rings. The summed E-state index contributed by atoms with van der Waals surface area (Å²) in [7, 11) is -6.84. The van der Waals surface area contributed by atoms with Gasteiger partial charge >= 0.3 is 5.97 Å². The van der Waals surface area contributed by atoms with E-state index in [9.17, 15) is 18.0 Å². The molecule has 4 aromatic carbocycles. The highest BCUT2D eigenvalue weighted by molar-refractivity contribution is 7.92. The van der Waals surface area contributed by atoms with E-state index in [1.807, 2.05) is 44.2 Å². The van der Waals surface area contributed by atoms with Gasteiger partial charge in [-0.1, -0.05) is 139 Å². The number of aryl methyl sites for hydroxylation is 2. The van der Waals surface area contributed by atoms with Gasteiger partial charge in [-0.25, -0.2) is 8.42 Å². The highest BCUT2D eigenvalue weighted by Crippen LogP contribution is 2.68. The van der Waals surface area contributed by atoms with E-state index in [1.54, 1.807) is 34.6 Å². The van der Waals surface area contributed by atoms with Gasteiger partial charge in [0.05, 0.1) is 16.6 Å². The summed E-state index contributed by atoms with van der Waals surface area (Å²) in [6.45, 7) is 22.2. The molecule has 3 fully saturated rings. The Morgan fingerprint density at radius 3 is 1.95 bits per heavy atom. The van der Waals surface area contributed by atoms with Crippen molar-refractivity contribution in [3.8, 4) is 0 Å². The number of carbonyl (C=O) groups is 2. The van der Waals surface area contributed by atoms with Crippen LogP contribution in [0.25, 0.3) is 0 Å². The summed E-state index contributed by atoms with van der Waals surface area (Å²) in [4.78, 5) is 28.6. The van der Waals surface area contributed by atoms with Gasteiger partial charge in [-0.2, -0.15) is 0 Å². The number of benzene rings is 4. The van der Waals surface area contributed by atoms with Gasteiger partial charge < -0.3 is 9.16 Å². The number of esters is 1. The lowest BCUT2D eigenvalue weighted by atomic mass is 9.70. The van der Waals surface area contributed by atoms with Crippen LogP contribution in [0.15, 0.2) is 126 Å². The average Bonchev–Trinajstić information content (AvgIpc) is 3.75. The van der Waals surface area contributed by atoms with Crippen LogP contribution < -0.4 is 14.7 Å². The van der Waals surface area contributed by atoms with Crippen LogP contribution in [-0.4, -0.2) is 47.2 Å². The van der Waals surface area contributed by atoms with E-state index in [0.29, 0.717) is 31.6 Å². The minimum atomic E-state index is -4.11. The molecule has 7 rings (SSSR count). The van der Waals surface area contributed by atoms with E-state index in [2.05, 4.69) is 96.7 Å². The lowest BCUT2D eigenvalue weighted by molar-refractivity contribution is -0.165. The highest BCUT2D eigenvalue weighted by atomic mass is 32.2. The van der Waals surface area contributed by atoms with Crippen molar-refractivity contribution in [2.45, 2.75) is 116 Å². The number of rotatable bonds is 14. The molecule has 0 radical (unpaired) electrons. The summed E-state index contributed by atoms with van der Waals surface area (Å²) in [6, 6.07) is 34.8. The highest BCUT2D eigenvalue weighted by Gasteiger charge is 2.70. The number of fused-ring (bicyclic) bond motifs is 2. The largest absolute Gasteiger partial charge is 0.459 e. The number of hydrogen-bond donors (Lipinski definition) is 0. The van der Waals surface area contributed by atoms with Crippen molar-refractivity contribution >= 4 is 46.2 Å². The van der Waals surface area contributed by atoms with Gasteiger partial charge in [0.1, 0.15) is 17.8 Å². The average molecular weight is 846 g/mol. The molecule has 0 unspecified atom stereocenters. The van der Waals surface area contributed by atoms with E-state index in [1.165, 1.54) is 10.4 Å². The molecule has 60 heavy (non-hydrogen) atoms. The van der Waals surface area contributed by atoms with Crippen LogP contribution in [0.1, 0.15) is 91.2 Å². The van der Waals surface area contributed by atoms with Crippen molar-refractivity contribution in [1.29, 1.82) is 0 Å². The molecule has 0 aromatic heterocycles. The third-order valence-corrected chi connectivity index (χ3v) is 21.5. The van der Waals surface area contributed by atoms with E-state index >= 15 is 0 Å². The van der Waals surface area contributed by atoms with Crippen molar-refractivity contribution in [3.05, 3.63) is 132 Å². The molecule has 0 amide bonds. The van der Waals surface area contributed by atoms with Gasteiger partial charge in [0.15, 0.2) is 0 Å². The standard InChI is InChI=1S/C51H63NO6SSi/c1-35-32-36(2)34-38(33-35)52(59(55,56)39-21-13-10-14-22-39)46-43-29-30-51(9,50(43,7)8)47(46)58-48(54)45-42(27-28-44(45)53)37(3)20-19-31-57-60(49(4,5)6,40-23-15-11-16-24-40)41-25-17-12-18-26-41/h10-18,21-26,32-34,42-43,45-47H,3,19-20,27-31H2,1-2,4-9H3/t42-,43+,45-,46-,47-,51-/m0/s1. The van der Waals surface area contributed by atoms with Crippen LogP contribution in [0.2, 0.25) is 5.04 Å². The summed E-state index contributed by atoms with van der Waals surface area (Å²) >= 11 is 0. The van der Waals surface area contributed by atoms with Gasteiger partial charge in [0.25, 0.3) is 18.3 Å². The second-order valence-electron chi connectivity index (χ2n) is 19.5. The first kappa shape index (κ1) is 43.8. The Kier molecular flexibility index (Phi) is 12.0. The predicted molar refractivity (Wildman–Crippen MR) is 243 cm³/mol. The SMILES string of the molecule is C=C(CCCO[Si](c1ccccc1)(c1ccccc1)C(C)(C)C)[C@@H]1CCC(=O)[C@H]1C(=O)O[C@H]1[C@@H](N(c2cc(C)cc(C)c2)S(=O)(=O)c2ccccc2)[C@H]2CC[C@]1(C)C2(C)C. The van der Waals surface area contributed by atoms with Crippen LogP contribution in [0.3, 0.4) is 0 Å². The molecule has 0 saturated heterocycles. The Labute approximate surface area is 359 Å². The maximum Gasteiger partial charge on any atom is 0.317 e. The molecular weight excluding hydrogens is 783 g/mol. The number of anilines is 1. The molecule has 9 heteroatoms. The molecule has 3 aliphatic carbocycles. The first-order chi connectivity index (χ1) is 28.3. The zero-order valence-corrected chi connectivity index (χ0v) is 38.6. The lowest BCUT2D eigenvalue weighted by Crippen LogP contribution is -2.66. The maximum absolute atomic E-state index is 14.9. The predicted octanol–water partition coefficient (Wildman–Crippen LogP) is 9.74. The zero-order valence-electron chi connectivity index (χ0n) is 36.7. The van der Waals surface area contributed by atoms with Crippen LogP contribution in [0.4, 0.5) is 5.69 Å². The van der Waals surface area contributed by atoms with Crippen molar-refractivity contribution in [2.75, 3.05) is 10.9 Å². The van der Waals surface area contributed by atoms with Crippen LogP contribution in [0, 0.1) is 42.4 Å². The number of nitrogens with zero attached hydrogens (tertiary/aromatic N) is 1. The van der Waals surface area contributed by atoms with E-state index in [4.69, 9.17) is 9.16 Å². The molecule has 4 aromatic rings. The summed E-state index contributed by atoms with van der Waals surface area (Å²) in [6.07, 6.45) is 2.91. The quantitative estimate of drug-likeness (QED) is 0.0413. The Balaban J connectivity index is 1.15. The number of ketones is 1. The van der Waals surface area contributed by atoms with E-state index < -0.39 is 47.8 Å². The molecule has 3 saturated carbocycles. The second-order valence-corrected chi connectivity index (χ2v) is 25.6. The summed E-state index contributed by atoms with van der Waals surface area (Å²) in [5.74, 6) is -2.15. The summed E-state index contributed by atoms with van der Waals surface area (Å²) in [5, 5.41) is 2.28. The summed E-state index contributed by atoms with van der Waals surface area (Å²) < 4.78 is 45.3. The minimum absolute atomic E-state index is 0.0970. The third kappa shape index (κ3) is 7.53. The molecule has 0 aliphatic heterocycles. The fourth-order valence-electron chi connectivity index (χ4n) is 11.2. The minimum Gasteiger partial charge on any atom is -0.459 e. The van der Waals surface area contributed by atoms with Gasteiger partial charge in [0, 0.05) is 24.4 Å². The maximum atomic E-state index is 14.9. The van der Waals surface area contributed by atoms with Gasteiger partial charge in [-0.15, -0.1) is 0 Å². The molecule has 0 spiro atoms. The van der Waals surface area contributed by atoms with Crippen molar-refractivity contribution in [2.24, 2.45) is 28.6 Å². The number of carbonyl (C=O) groups excluding carboxylic acids is 2. The Hall–Kier alpha value is -4.31.